The number of aromatic hydroxyl groups is 1. The van der Waals surface area contributed by atoms with Crippen molar-refractivity contribution in [3.8, 4) is 11.5 Å². The fraction of sp³-hybridized carbons (Fsp3) is 0.0588. The predicted molar refractivity (Wildman–Crippen MR) is 107 cm³/mol. The summed E-state index contributed by atoms with van der Waals surface area (Å²) < 4.78 is 5.69. The first kappa shape index (κ1) is 18.1. The number of hydrogen-bond acceptors (Lipinski definition) is 5. The van der Waals surface area contributed by atoms with E-state index in [1.807, 2.05) is 22.6 Å². The third-order valence-corrected chi connectivity index (χ3v) is 5.47. The summed E-state index contributed by atoms with van der Waals surface area (Å²) in [5.74, 6) is -0.113. The average molecular weight is 488 g/mol. The molecular formula is C17H11ClINO4S. The molecule has 0 radical (unpaired) electrons. The Morgan fingerprint density at radius 3 is 2.68 bits per heavy atom. The van der Waals surface area contributed by atoms with Crippen LogP contribution in [0.3, 0.4) is 0 Å². The molecule has 1 aliphatic heterocycles. The second-order valence-electron chi connectivity index (χ2n) is 5.02. The summed E-state index contributed by atoms with van der Waals surface area (Å²) in [4.78, 5) is 26.3. The highest BCUT2D eigenvalue weighted by Gasteiger charge is 2.37. The first-order valence-electron chi connectivity index (χ1n) is 7.01. The minimum Gasteiger partial charge on any atom is -0.504 e. The topological polar surface area (TPSA) is 66.8 Å². The van der Waals surface area contributed by atoms with Crippen LogP contribution in [-0.2, 0) is 4.79 Å². The second-order valence-corrected chi connectivity index (χ2v) is 7.58. The van der Waals surface area contributed by atoms with E-state index in [4.69, 9.17) is 16.3 Å². The Morgan fingerprint density at radius 2 is 2.00 bits per heavy atom. The van der Waals surface area contributed by atoms with Crippen LogP contribution in [0, 0.1) is 3.57 Å². The van der Waals surface area contributed by atoms with Gasteiger partial charge < -0.3 is 9.84 Å². The molecule has 2 amide bonds. The predicted octanol–water partition coefficient (Wildman–Crippen LogP) is 4.90. The van der Waals surface area contributed by atoms with E-state index < -0.39 is 11.1 Å². The number of para-hydroxylation sites is 1. The van der Waals surface area contributed by atoms with Gasteiger partial charge in [-0.05, 0) is 70.3 Å². The van der Waals surface area contributed by atoms with Gasteiger partial charge in [0.15, 0.2) is 11.5 Å². The number of halogens is 2. The molecule has 0 bridgehead atoms. The number of ether oxygens (including phenoxy) is 1. The Kier molecular flexibility index (Phi) is 5.26. The molecule has 1 aliphatic rings. The van der Waals surface area contributed by atoms with Crippen LogP contribution in [0.15, 0.2) is 41.3 Å². The van der Waals surface area contributed by atoms with E-state index in [1.165, 1.54) is 7.11 Å². The zero-order chi connectivity index (χ0) is 18.1. The zero-order valence-corrected chi connectivity index (χ0v) is 16.6. The van der Waals surface area contributed by atoms with E-state index in [9.17, 15) is 14.7 Å². The fourth-order valence-corrected chi connectivity index (χ4v) is 3.97. The molecule has 2 aromatic carbocycles. The smallest absolute Gasteiger partial charge is 0.298 e. The number of phenols is 1. The standard InChI is InChI=1S/C17H11ClINO4S/c1-24-13-7-9(6-11(19)15(13)21)8-14-16(22)20(17(23)25-14)12-5-3-2-4-10(12)18/h2-8,21H,1H3/b14-8-. The van der Waals surface area contributed by atoms with Gasteiger partial charge in [0.1, 0.15) is 0 Å². The Bertz CT molecular complexity index is 916. The molecule has 5 nitrogen and oxygen atoms in total. The Morgan fingerprint density at radius 1 is 1.28 bits per heavy atom. The van der Waals surface area contributed by atoms with E-state index in [0.29, 0.717) is 25.6 Å². The van der Waals surface area contributed by atoms with Gasteiger partial charge in [-0.3, -0.25) is 9.59 Å². The van der Waals surface area contributed by atoms with Crippen molar-refractivity contribution < 1.29 is 19.4 Å². The van der Waals surface area contributed by atoms with Crippen molar-refractivity contribution in [2.24, 2.45) is 0 Å². The van der Waals surface area contributed by atoms with Crippen molar-refractivity contribution in [1.29, 1.82) is 0 Å². The summed E-state index contributed by atoms with van der Waals surface area (Å²) in [5, 5.41) is 9.81. The Hall–Kier alpha value is -1.71. The van der Waals surface area contributed by atoms with Gasteiger partial charge in [0.25, 0.3) is 11.1 Å². The van der Waals surface area contributed by atoms with Crippen molar-refractivity contribution >= 4 is 68.9 Å². The van der Waals surface area contributed by atoms with Gasteiger partial charge >= 0.3 is 0 Å². The molecule has 1 fully saturated rings. The van der Waals surface area contributed by atoms with Crippen molar-refractivity contribution in [3.05, 3.63) is 55.5 Å². The number of phenolic OH excluding ortho intramolecular Hbond substituents is 1. The van der Waals surface area contributed by atoms with Gasteiger partial charge in [-0.1, -0.05) is 23.7 Å². The molecule has 1 saturated heterocycles. The lowest BCUT2D eigenvalue weighted by Crippen LogP contribution is -2.27. The third-order valence-electron chi connectivity index (χ3n) is 3.46. The maximum absolute atomic E-state index is 12.7. The molecule has 0 saturated carbocycles. The molecule has 0 aliphatic carbocycles. The maximum Gasteiger partial charge on any atom is 0.298 e. The summed E-state index contributed by atoms with van der Waals surface area (Å²) in [6.45, 7) is 0. The lowest BCUT2D eigenvalue weighted by atomic mass is 10.2. The lowest BCUT2D eigenvalue weighted by Gasteiger charge is -2.13. The second kappa shape index (κ2) is 7.27. The fourth-order valence-electron chi connectivity index (χ4n) is 2.29. The first-order valence-corrected chi connectivity index (χ1v) is 9.28. The van der Waals surface area contributed by atoms with Gasteiger partial charge in [-0.15, -0.1) is 0 Å². The summed E-state index contributed by atoms with van der Waals surface area (Å²) in [6.07, 6.45) is 1.59. The molecule has 128 valence electrons. The lowest BCUT2D eigenvalue weighted by molar-refractivity contribution is -0.113. The van der Waals surface area contributed by atoms with Crippen molar-refractivity contribution in [3.63, 3.8) is 0 Å². The number of methoxy groups -OCH3 is 1. The Labute approximate surface area is 166 Å². The number of thioether (sulfide) groups is 1. The molecule has 1 heterocycles. The van der Waals surface area contributed by atoms with Gasteiger partial charge in [-0.2, -0.15) is 0 Å². The minimum atomic E-state index is -0.440. The van der Waals surface area contributed by atoms with Crippen LogP contribution >= 0.6 is 46.0 Å². The number of imide groups is 1. The number of hydrogen-bond donors (Lipinski definition) is 1. The van der Waals surface area contributed by atoms with Crippen LogP contribution in [0.2, 0.25) is 5.02 Å². The number of anilines is 1. The Balaban J connectivity index is 1.99. The van der Waals surface area contributed by atoms with Crippen LogP contribution in [0.1, 0.15) is 5.56 Å². The molecule has 0 spiro atoms. The van der Waals surface area contributed by atoms with Crippen molar-refractivity contribution in [1.82, 2.24) is 0 Å². The van der Waals surface area contributed by atoms with Gasteiger partial charge in [0.2, 0.25) is 0 Å². The van der Waals surface area contributed by atoms with Crippen LogP contribution < -0.4 is 9.64 Å². The van der Waals surface area contributed by atoms with E-state index in [1.54, 1.807) is 42.5 Å². The van der Waals surface area contributed by atoms with E-state index in [0.717, 1.165) is 16.7 Å². The first-order chi connectivity index (χ1) is 11.9. The maximum atomic E-state index is 12.7. The normalized spacial score (nSPS) is 16.0. The quantitative estimate of drug-likeness (QED) is 0.493. The average Bonchev–Trinajstić information content (AvgIpc) is 2.85. The van der Waals surface area contributed by atoms with Crippen molar-refractivity contribution in [2.75, 3.05) is 12.0 Å². The molecule has 2 aromatic rings. The molecule has 3 rings (SSSR count). The van der Waals surface area contributed by atoms with E-state index in [2.05, 4.69) is 0 Å². The summed E-state index contributed by atoms with van der Waals surface area (Å²) in [5.41, 5.74) is 0.997. The van der Waals surface area contributed by atoms with E-state index in [-0.39, 0.29) is 10.7 Å². The number of benzene rings is 2. The van der Waals surface area contributed by atoms with Gasteiger partial charge in [0.05, 0.1) is 26.3 Å². The number of carbonyl (C=O) groups is 2. The van der Waals surface area contributed by atoms with Crippen LogP contribution in [-0.4, -0.2) is 23.4 Å². The number of rotatable bonds is 3. The molecular weight excluding hydrogens is 477 g/mol. The molecule has 25 heavy (non-hydrogen) atoms. The molecule has 0 aromatic heterocycles. The largest absolute Gasteiger partial charge is 0.504 e. The van der Waals surface area contributed by atoms with Crippen LogP contribution in [0.25, 0.3) is 6.08 Å². The highest BCUT2D eigenvalue weighted by molar-refractivity contribution is 14.1. The highest BCUT2D eigenvalue weighted by Crippen LogP contribution is 2.39. The van der Waals surface area contributed by atoms with Crippen LogP contribution in [0.5, 0.6) is 11.5 Å². The molecule has 1 N–H and O–H groups in total. The number of amides is 2. The molecule has 0 atom stereocenters. The monoisotopic (exact) mass is 487 g/mol. The number of nitrogens with zero attached hydrogens (tertiary/aromatic N) is 1. The summed E-state index contributed by atoms with van der Waals surface area (Å²) in [6, 6.07) is 9.97. The highest BCUT2D eigenvalue weighted by atomic mass is 127. The van der Waals surface area contributed by atoms with Crippen LogP contribution in [0.4, 0.5) is 10.5 Å². The SMILES string of the molecule is COc1cc(/C=C2\SC(=O)N(c3ccccc3Cl)C2=O)cc(I)c1O. The number of carbonyl (C=O) groups excluding carboxylic acids is 2. The molecule has 0 unspecified atom stereocenters. The van der Waals surface area contributed by atoms with Crippen molar-refractivity contribution in [2.45, 2.75) is 0 Å². The summed E-state index contributed by atoms with van der Waals surface area (Å²) in [7, 11) is 1.44. The van der Waals surface area contributed by atoms with Gasteiger partial charge in [-0.25, -0.2) is 4.90 Å². The minimum absolute atomic E-state index is 0.0319. The molecule has 8 heteroatoms. The zero-order valence-electron chi connectivity index (χ0n) is 12.8. The third kappa shape index (κ3) is 3.49. The summed E-state index contributed by atoms with van der Waals surface area (Å²) >= 11 is 8.91. The van der Waals surface area contributed by atoms with E-state index >= 15 is 0 Å². The van der Waals surface area contributed by atoms with Gasteiger partial charge in [0, 0.05) is 0 Å².